The van der Waals surface area contributed by atoms with Gasteiger partial charge in [0.05, 0.1) is 0 Å². The lowest BCUT2D eigenvalue weighted by Gasteiger charge is -2.19. The average molecular weight is 340 g/mol. The number of carboxylic acids is 1. The summed E-state index contributed by atoms with van der Waals surface area (Å²) >= 11 is 0. The van der Waals surface area contributed by atoms with Gasteiger partial charge in [-0.2, -0.15) is 13.2 Å². The van der Waals surface area contributed by atoms with Crippen molar-refractivity contribution in [2.75, 3.05) is 25.0 Å². The van der Waals surface area contributed by atoms with E-state index in [1.54, 1.807) is 0 Å². The molecule has 0 heterocycles. The number of hydrogen-bond donors (Lipinski definition) is 2. The minimum Gasteiger partial charge on any atom is -0.475 e. The Bertz CT molecular complexity index is 694. The number of nitrogens with two attached hydrogens (primary N) is 1. The van der Waals surface area contributed by atoms with Crippen molar-refractivity contribution >= 4 is 22.4 Å². The van der Waals surface area contributed by atoms with E-state index < -0.39 is 12.1 Å². The van der Waals surface area contributed by atoms with Gasteiger partial charge in [-0.1, -0.05) is 48.6 Å². The number of anilines is 1. The van der Waals surface area contributed by atoms with Crippen LogP contribution in [-0.2, 0) is 4.79 Å². The fraction of sp³-hybridized carbons (Fsp3) is 0.235. The molecule has 2 aromatic rings. The second kappa shape index (κ2) is 8.93. The number of nitrogens with zero attached hydrogens (tertiary/aromatic N) is 1. The molecule has 0 bridgehead atoms. The lowest BCUT2D eigenvalue weighted by atomic mass is 10.1. The highest BCUT2D eigenvalue weighted by Crippen LogP contribution is 2.25. The van der Waals surface area contributed by atoms with Crippen molar-refractivity contribution in [1.29, 1.82) is 0 Å². The van der Waals surface area contributed by atoms with Crippen LogP contribution in [0, 0.1) is 0 Å². The van der Waals surface area contributed by atoms with Gasteiger partial charge in [0, 0.05) is 31.2 Å². The van der Waals surface area contributed by atoms with E-state index in [9.17, 15) is 13.2 Å². The number of hydrogen-bond acceptors (Lipinski definition) is 3. The minimum atomic E-state index is -5.08. The molecular formula is C17H19F3N2O2. The summed E-state index contributed by atoms with van der Waals surface area (Å²) in [6.45, 7) is 1.48. The number of rotatable bonds is 4. The maximum absolute atomic E-state index is 10.6. The quantitative estimate of drug-likeness (QED) is 0.837. The van der Waals surface area contributed by atoms with Crippen LogP contribution >= 0.6 is 0 Å². The molecule has 2 aromatic carbocycles. The van der Waals surface area contributed by atoms with Crippen molar-refractivity contribution in [2.45, 2.75) is 6.18 Å². The molecule has 0 saturated heterocycles. The number of likely N-dealkylation sites (N-methyl/N-ethyl adjacent to an activating group) is 1. The second-order valence-electron chi connectivity index (χ2n) is 4.89. The molecule has 2 rings (SSSR count). The molecule has 24 heavy (non-hydrogen) atoms. The van der Waals surface area contributed by atoms with Gasteiger partial charge in [0.2, 0.25) is 0 Å². The summed E-state index contributed by atoms with van der Waals surface area (Å²) in [6, 6.07) is 14.8. The van der Waals surface area contributed by atoms with Crippen molar-refractivity contribution in [1.82, 2.24) is 0 Å². The molecule has 0 fully saturated rings. The first-order valence-corrected chi connectivity index (χ1v) is 7.11. The van der Waals surface area contributed by atoms with E-state index in [4.69, 9.17) is 15.6 Å². The third kappa shape index (κ3) is 5.92. The summed E-state index contributed by atoms with van der Waals surface area (Å²) in [4.78, 5) is 11.1. The summed E-state index contributed by atoms with van der Waals surface area (Å²) in [5.74, 6) is -2.76. The van der Waals surface area contributed by atoms with Crippen LogP contribution in [0.25, 0.3) is 10.8 Å². The van der Waals surface area contributed by atoms with Gasteiger partial charge in [-0.05, 0) is 11.5 Å². The largest absolute Gasteiger partial charge is 0.490 e. The van der Waals surface area contributed by atoms with Crippen LogP contribution in [0.15, 0.2) is 54.6 Å². The van der Waals surface area contributed by atoms with Crippen LogP contribution in [0.4, 0.5) is 18.9 Å². The van der Waals surface area contributed by atoms with Crippen molar-refractivity contribution in [3.8, 4) is 0 Å². The highest BCUT2D eigenvalue weighted by molar-refractivity contribution is 5.94. The zero-order valence-electron chi connectivity index (χ0n) is 13.1. The highest BCUT2D eigenvalue weighted by Gasteiger charge is 2.38. The van der Waals surface area contributed by atoms with E-state index in [0.717, 1.165) is 6.54 Å². The second-order valence-corrected chi connectivity index (χ2v) is 4.89. The van der Waals surface area contributed by atoms with Gasteiger partial charge in [-0.15, -0.1) is 0 Å². The Kier molecular flexibility index (Phi) is 7.26. The molecule has 0 aliphatic heterocycles. The summed E-state index contributed by atoms with van der Waals surface area (Å²) in [7, 11) is 2.10. The Morgan fingerprint density at radius 3 is 2.33 bits per heavy atom. The van der Waals surface area contributed by atoms with E-state index in [1.807, 2.05) is 6.08 Å². The molecule has 0 aliphatic rings. The third-order valence-corrected chi connectivity index (χ3v) is 3.10. The Morgan fingerprint density at radius 2 is 1.75 bits per heavy atom. The van der Waals surface area contributed by atoms with E-state index >= 15 is 0 Å². The molecule has 0 unspecified atom stereocenters. The van der Waals surface area contributed by atoms with Crippen molar-refractivity contribution in [3.63, 3.8) is 0 Å². The Hall–Kier alpha value is -2.54. The molecule has 7 heteroatoms. The zero-order valence-corrected chi connectivity index (χ0v) is 13.1. The summed E-state index contributed by atoms with van der Waals surface area (Å²) in [6.07, 6.45) is -0.997. The molecule has 0 saturated carbocycles. The molecule has 0 amide bonds. The first kappa shape index (κ1) is 19.5. The fourth-order valence-corrected chi connectivity index (χ4v) is 1.97. The predicted molar refractivity (Wildman–Crippen MR) is 89.1 cm³/mol. The number of halogens is 3. The van der Waals surface area contributed by atoms with Crippen LogP contribution in [0.3, 0.4) is 0 Å². The van der Waals surface area contributed by atoms with Gasteiger partial charge in [0.1, 0.15) is 0 Å². The van der Waals surface area contributed by atoms with Gasteiger partial charge < -0.3 is 15.7 Å². The minimum absolute atomic E-state index is 0.601. The van der Waals surface area contributed by atoms with E-state index in [0.29, 0.717) is 6.54 Å². The van der Waals surface area contributed by atoms with E-state index in [-0.39, 0.29) is 0 Å². The van der Waals surface area contributed by atoms with Crippen LogP contribution in [0.2, 0.25) is 0 Å². The average Bonchev–Trinajstić information content (AvgIpc) is 2.54. The van der Waals surface area contributed by atoms with Crippen molar-refractivity contribution < 1.29 is 23.1 Å². The molecule has 3 N–H and O–H groups in total. The van der Waals surface area contributed by atoms with Crippen molar-refractivity contribution in [2.24, 2.45) is 5.73 Å². The summed E-state index contributed by atoms with van der Waals surface area (Å²) in [5.41, 5.74) is 6.69. The molecule has 4 nitrogen and oxygen atoms in total. The number of alkyl halides is 3. The van der Waals surface area contributed by atoms with Gasteiger partial charge in [0.15, 0.2) is 0 Å². The topological polar surface area (TPSA) is 66.6 Å². The molecule has 0 spiro atoms. The van der Waals surface area contributed by atoms with E-state index in [2.05, 4.69) is 60.5 Å². The first-order valence-electron chi connectivity index (χ1n) is 7.11. The number of aliphatic carboxylic acids is 1. The molecule has 0 aliphatic carbocycles. The third-order valence-electron chi connectivity index (χ3n) is 3.10. The summed E-state index contributed by atoms with van der Waals surface area (Å²) in [5, 5.41) is 9.69. The molecule has 130 valence electrons. The number of benzene rings is 2. The van der Waals surface area contributed by atoms with Gasteiger partial charge >= 0.3 is 12.1 Å². The maximum Gasteiger partial charge on any atom is 0.490 e. The van der Waals surface area contributed by atoms with Crippen LogP contribution in [0.5, 0.6) is 0 Å². The maximum atomic E-state index is 10.6. The van der Waals surface area contributed by atoms with Gasteiger partial charge in [-0.25, -0.2) is 4.79 Å². The Balaban J connectivity index is 0.000000351. The predicted octanol–water partition coefficient (Wildman–Crippen LogP) is 3.42. The standard InChI is InChI=1S/C15H18N2.C2HF3O2/c1-17(12-5-4-11-16)15-10-6-8-13-7-2-3-9-14(13)15;3-2(4,5)1(6)7/h2-10H,11-12,16H2,1H3;(H,6,7)/b5-4+;. The molecule has 0 radical (unpaired) electrons. The lowest BCUT2D eigenvalue weighted by Crippen LogP contribution is -2.21. The monoisotopic (exact) mass is 340 g/mol. The van der Waals surface area contributed by atoms with Gasteiger partial charge in [0.25, 0.3) is 0 Å². The lowest BCUT2D eigenvalue weighted by molar-refractivity contribution is -0.192. The molecule has 0 aromatic heterocycles. The Labute approximate surface area is 138 Å². The first-order chi connectivity index (χ1) is 11.3. The number of fused-ring (bicyclic) bond motifs is 1. The van der Waals surface area contributed by atoms with Crippen LogP contribution in [0.1, 0.15) is 0 Å². The molecule has 0 atom stereocenters. The van der Waals surface area contributed by atoms with Crippen molar-refractivity contribution in [3.05, 3.63) is 54.6 Å². The SMILES string of the molecule is CN(C/C=C/CN)c1cccc2ccccc12.O=C(O)C(F)(F)F. The Morgan fingerprint density at radius 1 is 1.17 bits per heavy atom. The zero-order chi connectivity index (χ0) is 18.2. The fourth-order valence-electron chi connectivity index (χ4n) is 1.97. The normalized spacial score (nSPS) is 11.2. The van der Waals surface area contributed by atoms with Crippen LogP contribution < -0.4 is 10.6 Å². The van der Waals surface area contributed by atoms with Gasteiger partial charge in [-0.3, -0.25) is 0 Å². The smallest absolute Gasteiger partial charge is 0.475 e. The van der Waals surface area contributed by atoms with Crippen LogP contribution in [-0.4, -0.2) is 37.4 Å². The highest BCUT2D eigenvalue weighted by atomic mass is 19.4. The number of carboxylic acid groups (broad SMARTS) is 1. The van der Waals surface area contributed by atoms with E-state index in [1.165, 1.54) is 16.5 Å². The molecular weight excluding hydrogens is 321 g/mol. The summed E-state index contributed by atoms with van der Waals surface area (Å²) < 4.78 is 31.7. The number of carbonyl (C=O) groups is 1.